The Morgan fingerprint density at radius 2 is 2.37 bits per heavy atom. The van der Waals surface area contributed by atoms with E-state index in [4.69, 9.17) is 0 Å². The zero-order chi connectivity index (χ0) is 13.9. The highest BCUT2D eigenvalue weighted by atomic mass is 79.9. The van der Waals surface area contributed by atoms with E-state index >= 15 is 0 Å². The molecule has 4 nitrogen and oxygen atoms in total. The van der Waals surface area contributed by atoms with Crippen molar-refractivity contribution in [3.8, 4) is 5.75 Å². The molecule has 1 aromatic carbocycles. The molecule has 1 amide bonds. The molecule has 0 spiro atoms. The van der Waals surface area contributed by atoms with Crippen molar-refractivity contribution < 1.29 is 9.90 Å². The number of carbonyl (C=O) groups excluding carboxylic acids is 1. The fourth-order valence-corrected chi connectivity index (χ4v) is 2.98. The summed E-state index contributed by atoms with van der Waals surface area (Å²) in [6.45, 7) is 3.67. The van der Waals surface area contributed by atoms with Crippen LogP contribution in [0.5, 0.6) is 5.75 Å². The van der Waals surface area contributed by atoms with Crippen molar-refractivity contribution in [2.75, 3.05) is 18.4 Å². The molecule has 1 unspecified atom stereocenters. The Bertz CT molecular complexity index is 471. The van der Waals surface area contributed by atoms with Crippen LogP contribution in [-0.4, -0.2) is 24.1 Å². The standard InChI is InChI=1S/C14H19BrN2O2/c1-2-6-14(7-8-16-9-14)13(19)17-11-5-3-4-10(15)12(11)18/h3-5,16,18H,2,6-9H2,1H3,(H,17,19). The molecular weight excluding hydrogens is 308 g/mol. The first-order valence-electron chi connectivity index (χ1n) is 6.59. The smallest absolute Gasteiger partial charge is 0.232 e. The summed E-state index contributed by atoms with van der Waals surface area (Å²) >= 11 is 3.25. The summed E-state index contributed by atoms with van der Waals surface area (Å²) in [5.41, 5.74) is 0.116. The fourth-order valence-electron chi connectivity index (χ4n) is 2.61. The summed E-state index contributed by atoms with van der Waals surface area (Å²) in [5.74, 6) is 0.0706. The van der Waals surface area contributed by atoms with Gasteiger partial charge in [-0.15, -0.1) is 0 Å². The van der Waals surface area contributed by atoms with Crippen LogP contribution < -0.4 is 10.6 Å². The predicted octanol–water partition coefficient (Wildman–Crippen LogP) is 2.87. The zero-order valence-corrected chi connectivity index (χ0v) is 12.6. The number of halogens is 1. The van der Waals surface area contributed by atoms with Gasteiger partial charge in [-0.25, -0.2) is 0 Å². The first-order chi connectivity index (χ1) is 9.09. The maximum Gasteiger partial charge on any atom is 0.232 e. The molecule has 5 heteroatoms. The average Bonchev–Trinajstić information content (AvgIpc) is 2.85. The molecular formula is C14H19BrN2O2. The van der Waals surface area contributed by atoms with E-state index in [1.165, 1.54) is 0 Å². The Morgan fingerprint density at radius 3 is 3.00 bits per heavy atom. The lowest BCUT2D eigenvalue weighted by molar-refractivity contribution is -0.125. The molecule has 19 heavy (non-hydrogen) atoms. The minimum Gasteiger partial charge on any atom is -0.505 e. The summed E-state index contributed by atoms with van der Waals surface area (Å²) in [6.07, 6.45) is 2.68. The first kappa shape index (κ1) is 14.3. The number of phenolic OH excluding ortho intramolecular Hbond substituents is 1. The van der Waals surface area contributed by atoms with E-state index in [9.17, 15) is 9.90 Å². The Balaban J connectivity index is 2.17. The second-order valence-electron chi connectivity index (χ2n) is 5.05. The van der Waals surface area contributed by atoms with Crippen molar-refractivity contribution in [2.24, 2.45) is 5.41 Å². The van der Waals surface area contributed by atoms with Gasteiger partial charge in [0.05, 0.1) is 15.6 Å². The van der Waals surface area contributed by atoms with Gasteiger partial charge in [-0.05, 0) is 47.4 Å². The van der Waals surface area contributed by atoms with Gasteiger partial charge in [-0.1, -0.05) is 19.4 Å². The van der Waals surface area contributed by atoms with E-state index in [1.807, 2.05) is 0 Å². The van der Waals surface area contributed by atoms with Crippen LogP contribution in [0, 0.1) is 5.41 Å². The Morgan fingerprint density at radius 1 is 1.58 bits per heavy atom. The predicted molar refractivity (Wildman–Crippen MR) is 79.3 cm³/mol. The minimum absolute atomic E-state index is 0.00671. The molecule has 1 aliphatic heterocycles. The van der Waals surface area contributed by atoms with Gasteiger partial charge in [0.15, 0.2) is 5.75 Å². The number of para-hydroxylation sites is 1. The van der Waals surface area contributed by atoms with Crippen LogP contribution in [-0.2, 0) is 4.79 Å². The highest BCUT2D eigenvalue weighted by Gasteiger charge is 2.40. The number of phenols is 1. The highest BCUT2D eigenvalue weighted by Crippen LogP contribution is 2.36. The van der Waals surface area contributed by atoms with Gasteiger partial charge < -0.3 is 15.7 Å². The van der Waals surface area contributed by atoms with Gasteiger partial charge in [-0.2, -0.15) is 0 Å². The molecule has 1 heterocycles. The topological polar surface area (TPSA) is 61.4 Å². The van der Waals surface area contributed by atoms with Gasteiger partial charge in [0.25, 0.3) is 0 Å². The van der Waals surface area contributed by atoms with Crippen LogP contribution in [0.15, 0.2) is 22.7 Å². The van der Waals surface area contributed by atoms with Gasteiger partial charge >= 0.3 is 0 Å². The van der Waals surface area contributed by atoms with Crippen LogP contribution in [0.2, 0.25) is 0 Å². The number of benzene rings is 1. The lowest BCUT2D eigenvalue weighted by atomic mass is 9.81. The van der Waals surface area contributed by atoms with Crippen molar-refractivity contribution in [1.82, 2.24) is 5.32 Å². The molecule has 0 aromatic heterocycles. The third-order valence-electron chi connectivity index (χ3n) is 3.69. The van der Waals surface area contributed by atoms with Gasteiger partial charge in [0.2, 0.25) is 5.91 Å². The minimum atomic E-state index is -0.344. The number of anilines is 1. The lowest BCUT2D eigenvalue weighted by Crippen LogP contribution is -2.38. The van der Waals surface area contributed by atoms with Gasteiger partial charge in [0.1, 0.15) is 0 Å². The van der Waals surface area contributed by atoms with Crippen molar-refractivity contribution in [2.45, 2.75) is 26.2 Å². The molecule has 0 saturated carbocycles. The van der Waals surface area contributed by atoms with E-state index < -0.39 is 0 Å². The van der Waals surface area contributed by atoms with Crippen LogP contribution in [0.25, 0.3) is 0 Å². The molecule has 1 atom stereocenters. The highest BCUT2D eigenvalue weighted by molar-refractivity contribution is 9.10. The van der Waals surface area contributed by atoms with E-state index in [-0.39, 0.29) is 17.1 Å². The summed E-state index contributed by atoms with van der Waals surface area (Å²) in [4.78, 5) is 12.5. The van der Waals surface area contributed by atoms with E-state index in [0.717, 1.165) is 25.8 Å². The first-order valence-corrected chi connectivity index (χ1v) is 7.38. The second-order valence-corrected chi connectivity index (χ2v) is 5.90. The average molecular weight is 327 g/mol. The Kier molecular flexibility index (Phi) is 4.47. The summed E-state index contributed by atoms with van der Waals surface area (Å²) in [5, 5.41) is 16.0. The van der Waals surface area contributed by atoms with Gasteiger partial charge in [-0.3, -0.25) is 4.79 Å². The molecule has 3 N–H and O–H groups in total. The molecule has 104 valence electrons. The summed E-state index contributed by atoms with van der Waals surface area (Å²) < 4.78 is 0.583. The maximum absolute atomic E-state index is 12.5. The van der Waals surface area contributed by atoms with Crippen molar-refractivity contribution in [3.05, 3.63) is 22.7 Å². The van der Waals surface area contributed by atoms with Crippen LogP contribution in [0.1, 0.15) is 26.2 Å². The van der Waals surface area contributed by atoms with E-state index in [1.54, 1.807) is 18.2 Å². The van der Waals surface area contributed by atoms with Crippen LogP contribution in [0.3, 0.4) is 0 Å². The Labute approximate surface area is 121 Å². The van der Waals surface area contributed by atoms with Crippen molar-refractivity contribution in [1.29, 1.82) is 0 Å². The van der Waals surface area contributed by atoms with Crippen LogP contribution in [0.4, 0.5) is 5.69 Å². The molecule has 1 fully saturated rings. The molecule has 2 rings (SSSR count). The molecule has 1 aromatic rings. The lowest BCUT2D eigenvalue weighted by Gasteiger charge is -2.26. The number of nitrogens with one attached hydrogen (secondary N) is 2. The summed E-state index contributed by atoms with van der Waals surface area (Å²) in [6, 6.07) is 5.24. The number of rotatable bonds is 4. The van der Waals surface area contributed by atoms with Crippen molar-refractivity contribution in [3.63, 3.8) is 0 Å². The van der Waals surface area contributed by atoms with Gasteiger partial charge in [0, 0.05) is 6.54 Å². The molecule has 1 aliphatic rings. The third kappa shape index (κ3) is 2.92. The number of aromatic hydroxyl groups is 1. The SMILES string of the molecule is CCCC1(C(=O)Nc2cccc(Br)c2O)CCNC1. The molecule has 0 radical (unpaired) electrons. The summed E-state index contributed by atoms with van der Waals surface area (Å²) in [7, 11) is 0. The van der Waals surface area contributed by atoms with E-state index in [0.29, 0.717) is 16.7 Å². The number of amides is 1. The quantitative estimate of drug-likeness (QED) is 0.745. The van der Waals surface area contributed by atoms with Crippen molar-refractivity contribution >= 4 is 27.5 Å². The number of hydrogen-bond donors (Lipinski definition) is 3. The zero-order valence-electron chi connectivity index (χ0n) is 11.0. The second kappa shape index (κ2) is 5.92. The third-order valence-corrected chi connectivity index (χ3v) is 4.33. The van der Waals surface area contributed by atoms with E-state index in [2.05, 4.69) is 33.5 Å². The molecule has 0 aliphatic carbocycles. The number of carbonyl (C=O) groups is 1. The largest absolute Gasteiger partial charge is 0.505 e. The Hall–Kier alpha value is -1.07. The molecule has 0 bridgehead atoms. The fraction of sp³-hybridized carbons (Fsp3) is 0.500. The maximum atomic E-state index is 12.5. The number of hydrogen-bond acceptors (Lipinski definition) is 3. The molecule has 1 saturated heterocycles. The monoisotopic (exact) mass is 326 g/mol. The van der Waals surface area contributed by atoms with Crippen LogP contribution >= 0.6 is 15.9 Å². The normalized spacial score (nSPS) is 22.4.